The minimum Gasteiger partial charge on any atom is -0.292 e. The van der Waals surface area contributed by atoms with Gasteiger partial charge in [-0.1, -0.05) is 0 Å². The van der Waals surface area contributed by atoms with E-state index in [0.717, 1.165) is 0 Å². The second-order valence-corrected chi connectivity index (χ2v) is 4.42. The molecule has 0 aliphatic heterocycles. The van der Waals surface area contributed by atoms with Gasteiger partial charge >= 0.3 is 0 Å². The number of nitrogens with zero attached hydrogens (tertiary/aromatic N) is 3. The van der Waals surface area contributed by atoms with Crippen LogP contribution in [-0.4, -0.2) is 14.9 Å². The number of benzene rings is 1. The van der Waals surface area contributed by atoms with Crippen LogP contribution < -0.4 is 16.4 Å². The monoisotopic (exact) mass is 300 g/mol. The van der Waals surface area contributed by atoms with E-state index in [1.807, 2.05) is 6.07 Å². The Morgan fingerprint density at radius 2 is 2.09 bits per heavy atom. The third kappa shape index (κ3) is 3.65. The molecule has 0 unspecified atom stereocenters. The third-order valence-electron chi connectivity index (χ3n) is 2.77. The molecule has 9 heteroatoms. The molecule has 2 rings (SSSR count). The first-order valence-corrected chi connectivity index (χ1v) is 6.23. The van der Waals surface area contributed by atoms with E-state index in [-0.39, 0.29) is 17.2 Å². The van der Waals surface area contributed by atoms with E-state index in [1.165, 1.54) is 30.3 Å². The Kier molecular flexibility index (Phi) is 4.45. The van der Waals surface area contributed by atoms with Gasteiger partial charge in [-0.15, -0.1) is 0 Å². The molecule has 1 atom stereocenters. The zero-order valence-corrected chi connectivity index (χ0v) is 11.5. The van der Waals surface area contributed by atoms with Crippen LogP contribution in [0.25, 0.3) is 0 Å². The summed E-state index contributed by atoms with van der Waals surface area (Å²) in [7, 11) is 0. The summed E-state index contributed by atoms with van der Waals surface area (Å²) in [6.45, 7) is 1.67. The number of H-pyrrole nitrogens is 1. The molecule has 1 aromatic carbocycles. The van der Waals surface area contributed by atoms with Crippen molar-refractivity contribution < 1.29 is 4.92 Å². The van der Waals surface area contributed by atoms with Crippen LogP contribution in [0.1, 0.15) is 17.3 Å². The van der Waals surface area contributed by atoms with Crippen molar-refractivity contribution in [3.8, 4) is 6.07 Å². The highest BCUT2D eigenvalue weighted by atomic mass is 16.6. The maximum atomic E-state index is 11.3. The fourth-order valence-electron chi connectivity index (χ4n) is 1.76. The number of nitro benzene ring substituents is 1. The van der Waals surface area contributed by atoms with E-state index in [9.17, 15) is 14.9 Å². The highest BCUT2D eigenvalue weighted by Gasteiger charge is 2.12. The molecule has 0 spiro atoms. The van der Waals surface area contributed by atoms with Crippen molar-refractivity contribution in [2.75, 3.05) is 5.43 Å². The minimum atomic E-state index is -0.772. The van der Waals surface area contributed by atoms with Gasteiger partial charge in [-0.25, -0.2) is 10.4 Å². The summed E-state index contributed by atoms with van der Waals surface area (Å²) in [5, 5.41) is 19.8. The number of anilines is 1. The van der Waals surface area contributed by atoms with Gasteiger partial charge in [-0.2, -0.15) is 5.26 Å². The van der Waals surface area contributed by atoms with Crippen LogP contribution in [0.5, 0.6) is 0 Å². The van der Waals surface area contributed by atoms with E-state index in [0.29, 0.717) is 11.3 Å². The smallest absolute Gasteiger partial charge is 0.269 e. The van der Waals surface area contributed by atoms with E-state index < -0.39 is 11.0 Å². The van der Waals surface area contributed by atoms with Gasteiger partial charge in [0.05, 0.1) is 11.0 Å². The van der Waals surface area contributed by atoms with Gasteiger partial charge in [0.2, 0.25) is 5.95 Å². The SMILES string of the molecule is Cc1cc(=O)[nH]c(NN[C@H](C#N)c2ccc([N+](=O)[O-])cc2)n1. The highest BCUT2D eigenvalue weighted by Crippen LogP contribution is 2.17. The Hall–Kier alpha value is -3.25. The number of rotatable bonds is 5. The number of nitro groups is 1. The standard InChI is InChI=1S/C13H12N6O3/c1-8-6-12(20)16-13(15-8)18-17-11(7-14)9-2-4-10(5-3-9)19(21)22/h2-6,11,17H,1H3,(H2,15,16,18,20)/t11-/m1/s1. The lowest BCUT2D eigenvalue weighted by molar-refractivity contribution is -0.384. The Labute approximate surface area is 124 Å². The first-order chi connectivity index (χ1) is 10.5. The first-order valence-electron chi connectivity index (χ1n) is 6.23. The summed E-state index contributed by atoms with van der Waals surface area (Å²) < 4.78 is 0. The van der Waals surface area contributed by atoms with Crippen LogP contribution in [0.15, 0.2) is 35.1 Å². The van der Waals surface area contributed by atoms with Crippen molar-refractivity contribution in [2.45, 2.75) is 13.0 Å². The number of non-ortho nitro benzene ring substituents is 1. The molecule has 0 aliphatic carbocycles. The van der Waals surface area contributed by atoms with Gasteiger partial charge in [-0.05, 0) is 24.6 Å². The van der Waals surface area contributed by atoms with Gasteiger partial charge in [-0.3, -0.25) is 25.3 Å². The summed E-state index contributed by atoms with van der Waals surface area (Å²) in [6, 6.07) is 8.15. The van der Waals surface area contributed by atoms with Gasteiger partial charge in [0.1, 0.15) is 6.04 Å². The predicted molar refractivity (Wildman–Crippen MR) is 77.8 cm³/mol. The van der Waals surface area contributed by atoms with Crippen molar-refractivity contribution in [3.05, 3.63) is 62.1 Å². The highest BCUT2D eigenvalue weighted by molar-refractivity contribution is 5.36. The molecule has 0 bridgehead atoms. The molecular formula is C13H12N6O3. The van der Waals surface area contributed by atoms with Gasteiger partial charge in [0.25, 0.3) is 11.2 Å². The summed E-state index contributed by atoms with van der Waals surface area (Å²) >= 11 is 0. The third-order valence-corrected chi connectivity index (χ3v) is 2.77. The number of aromatic amines is 1. The lowest BCUT2D eigenvalue weighted by Gasteiger charge is -2.13. The topological polar surface area (TPSA) is 137 Å². The first kappa shape index (κ1) is 15.1. The maximum absolute atomic E-state index is 11.3. The summed E-state index contributed by atoms with van der Waals surface area (Å²) in [5.41, 5.74) is 6.02. The van der Waals surface area contributed by atoms with Crippen LogP contribution >= 0.6 is 0 Å². The number of nitrogens with one attached hydrogen (secondary N) is 3. The van der Waals surface area contributed by atoms with Crippen molar-refractivity contribution >= 4 is 11.6 Å². The lowest BCUT2D eigenvalue weighted by Crippen LogP contribution is -2.28. The molecule has 22 heavy (non-hydrogen) atoms. The second-order valence-electron chi connectivity index (χ2n) is 4.42. The fraction of sp³-hybridized carbons (Fsp3) is 0.154. The van der Waals surface area contributed by atoms with E-state index in [2.05, 4.69) is 20.8 Å². The second kappa shape index (κ2) is 6.47. The Balaban J connectivity index is 2.10. The minimum absolute atomic E-state index is 0.0573. The molecule has 9 nitrogen and oxygen atoms in total. The Morgan fingerprint density at radius 1 is 1.41 bits per heavy atom. The van der Waals surface area contributed by atoms with Crippen LogP contribution in [0.4, 0.5) is 11.6 Å². The summed E-state index contributed by atoms with van der Waals surface area (Å²) in [5.74, 6) is 0.173. The molecule has 2 aromatic rings. The van der Waals surface area contributed by atoms with Gasteiger partial charge < -0.3 is 0 Å². The van der Waals surface area contributed by atoms with Crippen LogP contribution in [0, 0.1) is 28.4 Å². The molecule has 0 aliphatic rings. The largest absolute Gasteiger partial charge is 0.292 e. The zero-order valence-electron chi connectivity index (χ0n) is 11.5. The molecule has 0 amide bonds. The number of hydrazine groups is 1. The summed E-state index contributed by atoms with van der Waals surface area (Å²) in [6.07, 6.45) is 0. The average Bonchev–Trinajstić information content (AvgIpc) is 2.47. The molecule has 0 saturated heterocycles. The average molecular weight is 300 g/mol. The molecule has 3 N–H and O–H groups in total. The van der Waals surface area contributed by atoms with E-state index >= 15 is 0 Å². The molecule has 1 aromatic heterocycles. The molecule has 0 fully saturated rings. The maximum Gasteiger partial charge on any atom is 0.269 e. The van der Waals surface area contributed by atoms with Crippen molar-refractivity contribution in [2.24, 2.45) is 0 Å². The van der Waals surface area contributed by atoms with Gasteiger partial charge in [0.15, 0.2) is 0 Å². The van der Waals surface area contributed by atoms with Crippen LogP contribution in [0.2, 0.25) is 0 Å². The van der Waals surface area contributed by atoms with E-state index in [1.54, 1.807) is 6.92 Å². The number of hydrogen-bond acceptors (Lipinski definition) is 7. The fourth-order valence-corrected chi connectivity index (χ4v) is 1.76. The Bertz CT molecular complexity index is 778. The van der Waals surface area contributed by atoms with Crippen LogP contribution in [0.3, 0.4) is 0 Å². The lowest BCUT2D eigenvalue weighted by atomic mass is 10.1. The molecule has 112 valence electrons. The Morgan fingerprint density at radius 3 is 2.64 bits per heavy atom. The van der Waals surface area contributed by atoms with Crippen molar-refractivity contribution in [1.29, 1.82) is 5.26 Å². The van der Waals surface area contributed by atoms with Crippen LogP contribution in [-0.2, 0) is 0 Å². The molecule has 0 saturated carbocycles. The number of aromatic nitrogens is 2. The summed E-state index contributed by atoms with van der Waals surface area (Å²) in [4.78, 5) is 27.9. The quantitative estimate of drug-likeness (QED) is 0.556. The zero-order chi connectivity index (χ0) is 16.1. The number of nitriles is 1. The predicted octanol–water partition coefficient (Wildman–Crippen LogP) is 1.17. The normalized spacial score (nSPS) is 11.5. The number of hydrogen-bond donors (Lipinski definition) is 3. The number of aryl methyl sites for hydroxylation is 1. The molecule has 1 heterocycles. The van der Waals surface area contributed by atoms with Crippen molar-refractivity contribution in [3.63, 3.8) is 0 Å². The van der Waals surface area contributed by atoms with Gasteiger partial charge in [0, 0.05) is 23.9 Å². The van der Waals surface area contributed by atoms with Crippen molar-refractivity contribution in [1.82, 2.24) is 15.4 Å². The van der Waals surface area contributed by atoms with E-state index in [4.69, 9.17) is 5.26 Å². The molecule has 0 radical (unpaired) electrons. The molecular weight excluding hydrogens is 288 g/mol.